The van der Waals surface area contributed by atoms with Crippen LogP contribution < -0.4 is 5.32 Å². The number of aromatic nitrogens is 4. The van der Waals surface area contributed by atoms with Gasteiger partial charge in [0.1, 0.15) is 0 Å². The molecule has 0 saturated heterocycles. The second-order valence-electron chi connectivity index (χ2n) is 5.43. The summed E-state index contributed by atoms with van der Waals surface area (Å²) < 4.78 is 2.00. The summed E-state index contributed by atoms with van der Waals surface area (Å²) in [5.41, 5.74) is 2.93. The van der Waals surface area contributed by atoms with E-state index in [1.165, 1.54) is 12.8 Å². The van der Waals surface area contributed by atoms with Crippen molar-refractivity contribution in [3.8, 4) is 0 Å². The van der Waals surface area contributed by atoms with Gasteiger partial charge in [0.25, 0.3) is 0 Å². The lowest BCUT2D eigenvalue weighted by Crippen LogP contribution is -2.05. The van der Waals surface area contributed by atoms with Crippen molar-refractivity contribution in [2.45, 2.75) is 32.7 Å². The first-order valence-electron chi connectivity index (χ1n) is 8.00. The maximum atomic E-state index is 4.69. The number of hydrogen-bond donors (Lipinski definition) is 1. The Labute approximate surface area is 136 Å². The molecule has 0 atom stereocenters. The van der Waals surface area contributed by atoms with Gasteiger partial charge in [-0.15, -0.1) is 0 Å². The van der Waals surface area contributed by atoms with Gasteiger partial charge in [0.15, 0.2) is 11.5 Å². The average Bonchev–Trinajstić information content (AvgIpc) is 3.06. The summed E-state index contributed by atoms with van der Waals surface area (Å²) in [5, 5.41) is 3.38. The molecule has 0 fully saturated rings. The Morgan fingerprint density at radius 1 is 1.22 bits per heavy atom. The molecule has 0 unspecified atom stereocenters. The maximum Gasteiger partial charge on any atom is 0.180 e. The summed E-state index contributed by atoms with van der Waals surface area (Å²) in [4.78, 5) is 13.1. The van der Waals surface area contributed by atoms with Gasteiger partial charge < -0.3 is 9.72 Å². The van der Waals surface area contributed by atoms with Gasteiger partial charge in [-0.2, -0.15) is 0 Å². The van der Waals surface area contributed by atoms with Crippen molar-refractivity contribution < 1.29 is 0 Å². The van der Waals surface area contributed by atoms with Crippen molar-refractivity contribution in [2.75, 3.05) is 5.32 Å². The summed E-state index contributed by atoms with van der Waals surface area (Å²) in [6.07, 6.45) is 17.1. The molecule has 23 heavy (non-hydrogen) atoms. The molecular weight excluding hydrogens is 286 g/mol. The highest BCUT2D eigenvalue weighted by Crippen LogP contribution is 2.16. The van der Waals surface area contributed by atoms with E-state index in [0.29, 0.717) is 6.54 Å². The highest BCUT2D eigenvalue weighted by atomic mass is 15.1. The van der Waals surface area contributed by atoms with E-state index in [1.54, 1.807) is 18.6 Å². The van der Waals surface area contributed by atoms with Crippen LogP contribution in [0, 0.1) is 0 Å². The van der Waals surface area contributed by atoms with E-state index in [2.05, 4.69) is 39.3 Å². The lowest BCUT2D eigenvalue weighted by molar-refractivity contribution is 0.816. The predicted octanol–water partition coefficient (Wildman–Crippen LogP) is 3.94. The first kappa shape index (κ1) is 15.2. The van der Waals surface area contributed by atoms with E-state index in [4.69, 9.17) is 0 Å². The van der Waals surface area contributed by atoms with Crippen LogP contribution in [0.3, 0.4) is 0 Å². The Morgan fingerprint density at radius 2 is 2.09 bits per heavy atom. The molecular formula is C18H21N5. The van der Waals surface area contributed by atoms with Crippen LogP contribution in [-0.2, 0) is 6.54 Å². The minimum absolute atomic E-state index is 0.695. The fourth-order valence-corrected chi connectivity index (χ4v) is 2.36. The molecule has 0 aliphatic rings. The molecule has 0 amide bonds. The van der Waals surface area contributed by atoms with Gasteiger partial charge in [-0.1, -0.05) is 25.8 Å². The molecule has 0 aromatic carbocycles. The zero-order valence-electron chi connectivity index (χ0n) is 13.3. The molecule has 3 aromatic rings. The lowest BCUT2D eigenvalue weighted by Gasteiger charge is -2.08. The van der Waals surface area contributed by atoms with Gasteiger partial charge in [-0.3, -0.25) is 4.98 Å². The van der Waals surface area contributed by atoms with Crippen molar-refractivity contribution in [3.63, 3.8) is 0 Å². The first-order chi connectivity index (χ1) is 11.4. The Balaban J connectivity index is 1.80. The van der Waals surface area contributed by atoms with Gasteiger partial charge in [0.2, 0.25) is 0 Å². The molecule has 0 aliphatic carbocycles. The van der Waals surface area contributed by atoms with Crippen LogP contribution in [0.5, 0.6) is 0 Å². The molecule has 0 aliphatic heterocycles. The number of imidazole rings is 1. The quantitative estimate of drug-likeness (QED) is 0.672. The minimum Gasteiger partial charge on any atom is -0.363 e. The van der Waals surface area contributed by atoms with Crippen LogP contribution in [0.25, 0.3) is 11.7 Å². The number of pyridine rings is 1. The highest BCUT2D eigenvalue weighted by Gasteiger charge is 2.06. The first-order valence-corrected chi connectivity index (χ1v) is 8.00. The van der Waals surface area contributed by atoms with E-state index in [-0.39, 0.29) is 0 Å². The Kier molecular flexibility index (Phi) is 4.99. The third-order valence-electron chi connectivity index (χ3n) is 3.61. The number of nitrogens with one attached hydrogen (secondary N) is 1. The van der Waals surface area contributed by atoms with Crippen molar-refractivity contribution in [1.29, 1.82) is 0 Å². The van der Waals surface area contributed by atoms with Crippen LogP contribution in [0.4, 0.5) is 5.82 Å². The SMILES string of the molecule is CCCC/C=C/c1cn2ccnc2c(NCc2ccncc2)n1. The maximum absolute atomic E-state index is 4.69. The fraction of sp³-hybridized carbons (Fsp3) is 0.278. The molecule has 3 aromatic heterocycles. The molecule has 0 saturated carbocycles. The monoisotopic (exact) mass is 307 g/mol. The molecule has 0 radical (unpaired) electrons. The molecule has 1 N–H and O–H groups in total. The zero-order chi connectivity index (χ0) is 15.9. The number of unbranched alkanes of at least 4 members (excludes halogenated alkanes) is 2. The summed E-state index contributed by atoms with van der Waals surface area (Å²) in [6, 6.07) is 3.98. The van der Waals surface area contributed by atoms with E-state index in [9.17, 15) is 0 Å². The van der Waals surface area contributed by atoms with Gasteiger partial charge in [0.05, 0.1) is 5.69 Å². The van der Waals surface area contributed by atoms with Gasteiger partial charge in [-0.25, -0.2) is 9.97 Å². The van der Waals surface area contributed by atoms with Crippen molar-refractivity contribution >= 4 is 17.5 Å². The van der Waals surface area contributed by atoms with Crippen LogP contribution >= 0.6 is 0 Å². The number of anilines is 1. The van der Waals surface area contributed by atoms with Crippen molar-refractivity contribution in [3.05, 3.63) is 60.5 Å². The number of rotatable bonds is 7. The predicted molar refractivity (Wildman–Crippen MR) is 93.1 cm³/mol. The van der Waals surface area contributed by atoms with Crippen LogP contribution in [0.2, 0.25) is 0 Å². The molecule has 0 spiro atoms. The van der Waals surface area contributed by atoms with Crippen molar-refractivity contribution in [1.82, 2.24) is 19.4 Å². The molecule has 5 heteroatoms. The third kappa shape index (κ3) is 3.94. The Morgan fingerprint density at radius 3 is 2.91 bits per heavy atom. The molecule has 3 heterocycles. The number of hydrogen-bond acceptors (Lipinski definition) is 4. The topological polar surface area (TPSA) is 55.1 Å². The van der Waals surface area contributed by atoms with E-state index < -0.39 is 0 Å². The Hall–Kier alpha value is -2.69. The van der Waals surface area contributed by atoms with Crippen LogP contribution in [-0.4, -0.2) is 19.4 Å². The second kappa shape index (κ2) is 7.54. The number of fused-ring (bicyclic) bond motifs is 1. The fourth-order valence-electron chi connectivity index (χ4n) is 2.36. The lowest BCUT2D eigenvalue weighted by atomic mass is 10.2. The number of allylic oxidation sites excluding steroid dienone is 1. The van der Waals surface area contributed by atoms with E-state index >= 15 is 0 Å². The minimum atomic E-state index is 0.695. The smallest absolute Gasteiger partial charge is 0.180 e. The Bertz CT molecular complexity index is 776. The molecule has 118 valence electrons. The van der Waals surface area contributed by atoms with Gasteiger partial charge in [0, 0.05) is 37.5 Å². The summed E-state index contributed by atoms with van der Waals surface area (Å²) in [7, 11) is 0. The number of nitrogens with zero attached hydrogens (tertiary/aromatic N) is 4. The summed E-state index contributed by atoms with van der Waals surface area (Å²) in [6.45, 7) is 2.89. The summed E-state index contributed by atoms with van der Waals surface area (Å²) >= 11 is 0. The standard InChI is InChI=1S/C18H21N5/c1-2-3-4-5-6-16-14-23-12-11-20-18(23)17(22-16)21-13-15-7-9-19-10-8-15/h5-12,14H,2-4,13H2,1H3,(H,21,22)/b6-5+. The average molecular weight is 307 g/mol. The zero-order valence-corrected chi connectivity index (χ0v) is 13.3. The van der Waals surface area contributed by atoms with Crippen LogP contribution in [0.1, 0.15) is 37.4 Å². The van der Waals surface area contributed by atoms with Crippen LogP contribution in [0.15, 0.2) is 49.2 Å². The molecule has 5 nitrogen and oxygen atoms in total. The van der Waals surface area contributed by atoms with Crippen molar-refractivity contribution in [2.24, 2.45) is 0 Å². The van der Waals surface area contributed by atoms with Gasteiger partial charge >= 0.3 is 0 Å². The largest absolute Gasteiger partial charge is 0.363 e. The van der Waals surface area contributed by atoms with E-state index in [0.717, 1.165) is 29.1 Å². The second-order valence-corrected chi connectivity index (χ2v) is 5.43. The van der Waals surface area contributed by atoms with Gasteiger partial charge in [-0.05, 0) is 30.2 Å². The molecule has 3 rings (SSSR count). The van der Waals surface area contributed by atoms with E-state index in [1.807, 2.05) is 28.9 Å². The summed E-state index contributed by atoms with van der Waals surface area (Å²) in [5.74, 6) is 0.796. The molecule has 0 bridgehead atoms. The normalized spacial score (nSPS) is 11.3. The highest BCUT2D eigenvalue weighted by molar-refractivity contribution is 5.65. The third-order valence-corrected chi connectivity index (χ3v) is 3.61.